The standard InChI is InChI=1S/C22H37NO6.C18H34O4.C4H5NO3.C2H2/c1-21(2,19(26)27)15-11-9-7-5-6-8-10-12-16-22(3,4)20(28)29-23-17(24)13-14-18(23)25;1-17(2,15(19)20)13-11-9-7-5-6-8-10-12-14-18(3,4)16(21)22;6-3-1-2-4(7)5(3)8;1-2/h5-16H2,1-4H3,(H,26,27);5-14H2,1-4H3,(H,19,20)(H,21,22);8H,1-2H2;1-2H/i;;;1D. The predicted octanol–water partition coefficient (Wildman–Crippen LogP) is 9.51. The minimum atomic E-state index is -0.736. The fourth-order valence-corrected chi connectivity index (χ4v) is 6.24. The third-order valence-corrected chi connectivity index (χ3v) is 11.2. The van der Waals surface area contributed by atoms with Crippen molar-refractivity contribution in [3.8, 4) is 12.8 Å². The molecule has 4 amide bonds. The highest BCUT2D eigenvalue weighted by atomic mass is 16.7. The van der Waals surface area contributed by atoms with E-state index in [0.29, 0.717) is 17.9 Å². The number of rotatable bonds is 27. The molecule has 0 atom stereocenters. The van der Waals surface area contributed by atoms with Gasteiger partial charge < -0.3 is 20.2 Å². The van der Waals surface area contributed by atoms with Gasteiger partial charge in [-0.15, -0.1) is 17.9 Å². The summed E-state index contributed by atoms with van der Waals surface area (Å²) in [6.45, 7) is 14.2. The molecule has 2 fully saturated rings. The van der Waals surface area contributed by atoms with Crippen molar-refractivity contribution in [1.82, 2.24) is 10.1 Å². The van der Waals surface area contributed by atoms with Crippen LogP contribution in [0.25, 0.3) is 0 Å². The van der Waals surface area contributed by atoms with Gasteiger partial charge in [0.05, 0.1) is 21.7 Å². The molecule has 350 valence electrons. The first-order valence-electron chi connectivity index (χ1n) is 22.4. The lowest BCUT2D eigenvalue weighted by atomic mass is 9.86. The molecule has 0 aromatic carbocycles. The number of hydrogen-bond donors (Lipinski definition) is 4. The minimum absolute atomic E-state index is 0.101. The third-order valence-electron chi connectivity index (χ3n) is 11.2. The maximum atomic E-state index is 12.3. The fourth-order valence-electron chi connectivity index (χ4n) is 6.24. The molecule has 61 heavy (non-hydrogen) atoms. The largest absolute Gasteiger partial charge is 0.481 e. The van der Waals surface area contributed by atoms with E-state index in [0.717, 1.165) is 103 Å². The third kappa shape index (κ3) is 25.3. The smallest absolute Gasteiger partial charge is 0.338 e. The summed E-state index contributed by atoms with van der Waals surface area (Å²) in [7, 11) is 0. The molecule has 2 aliphatic heterocycles. The number of hydrogen-bond acceptors (Lipinski definition) is 10. The monoisotopic (exact) mass is 868 g/mol. The molecule has 15 nitrogen and oxygen atoms in total. The van der Waals surface area contributed by atoms with E-state index in [1.807, 2.05) is 0 Å². The van der Waals surface area contributed by atoms with Crippen molar-refractivity contribution in [2.45, 2.75) is 209 Å². The second-order valence-corrected chi connectivity index (χ2v) is 18.7. The van der Waals surface area contributed by atoms with Gasteiger partial charge in [-0.25, -0.2) is 4.79 Å². The van der Waals surface area contributed by atoms with Gasteiger partial charge in [0.15, 0.2) is 0 Å². The Balaban J connectivity index is 0. The SMILES string of the molecule is CC(C)(CCCCCCCCCCC(C)(C)C(=O)O)C(=O)O.CC(C)(CCCCCCCCCCC(C)(C)C(=O)ON1C(=O)CCC1=O)C(=O)O.O=C1CCC(=O)N1O.[2H]C#C. The summed E-state index contributed by atoms with van der Waals surface area (Å²) in [5.41, 5.74) is -2.57. The van der Waals surface area contributed by atoms with Crippen LogP contribution in [0.1, 0.15) is 211 Å². The number of unbranched alkanes of at least 4 members (excludes halogenated alkanes) is 14. The molecule has 0 bridgehead atoms. The number of carboxylic acids is 3. The number of carbonyl (C=O) groups is 8. The van der Waals surface area contributed by atoms with Gasteiger partial charge in [-0.2, -0.15) is 5.06 Å². The van der Waals surface area contributed by atoms with Crippen molar-refractivity contribution in [2.24, 2.45) is 21.7 Å². The Labute approximate surface area is 366 Å². The molecule has 0 unspecified atom stereocenters. The summed E-state index contributed by atoms with van der Waals surface area (Å²) in [6.07, 6.45) is 26.3. The maximum Gasteiger partial charge on any atom is 0.338 e. The van der Waals surface area contributed by atoms with Gasteiger partial charge in [0.25, 0.3) is 23.6 Å². The number of imide groups is 2. The Kier molecular flexibility index (Phi) is 27.7. The first kappa shape index (κ1) is 56.7. The van der Waals surface area contributed by atoms with Crippen molar-refractivity contribution in [3.05, 3.63) is 0 Å². The molecule has 2 heterocycles. The lowest BCUT2D eigenvalue weighted by Crippen LogP contribution is -2.37. The van der Waals surface area contributed by atoms with Gasteiger partial charge >= 0.3 is 23.9 Å². The summed E-state index contributed by atoms with van der Waals surface area (Å²) in [6, 6.07) is 0. The molecule has 0 radical (unpaired) electrons. The second-order valence-electron chi connectivity index (χ2n) is 18.7. The highest BCUT2D eigenvalue weighted by molar-refractivity contribution is 6.02. The number of aliphatic carboxylic acids is 3. The lowest BCUT2D eigenvalue weighted by Gasteiger charge is -2.24. The van der Waals surface area contributed by atoms with Gasteiger partial charge in [0, 0.05) is 25.7 Å². The Bertz CT molecular complexity index is 1420. The van der Waals surface area contributed by atoms with E-state index in [9.17, 15) is 38.4 Å². The first-order chi connectivity index (χ1) is 28.7. The van der Waals surface area contributed by atoms with Gasteiger partial charge in [-0.05, 0) is 81.1 Å². The van der Waals surface area contributed by atoms with E-state index in [4.69, 9.17) is 26.7 Å². The zero-order valence-electron chi connectivity index (χ0n) is 39.4. The van der Waals surface area contributed by atoms with Crippen LogP contribution in [0.3, 0.4) is 0 Å². The minimum Gasteiger partial charge on any atom is -0.481 e. The summed E-state index contributed by atoms with van der Waals surface area (Å²) in [5, 5.41) is 36.3. The average Bonchev–Trinajstić information content (AvgIpc) is 3.66. The van der Waals surface area contributed by atoms with Crippen LogP contribution in [-0.4, -0.2) is 78.2 Å². The topological polar surface area (TPSA) is 233 Å². The van der Waals surface area contributed by atoms with Gasteiger partial charge in [0.2, 0.25) is 0 Å². The number of nitrogens with zero attached hydrogens (tertiary/aromatic N) is 2. The van der Waals surface area contributed by atoms with E-state index >= 15 is 0 Å². The summed E-state index contributed by atoms with van der Waals surface area (Å²) >= 11 is 0. The van der Waals surface area contributed by atoms with E-state index in [1.165, 1.54) is 19.2 Å². The zero-order valence-corrected chi connectivity index (χ0v) is 38.4. The highest BCUT2D eigenvalue weighted by Gasteiger charge is 2.38. The first-order valence-corrected chi connectivity index (χ1v) is 21.9. The Hall–Kier alpha value is -4.32. The fraction of sp³-hybridized carbons (Fsp3) is 0.783. The van der Waals surface area contributed by atoms with Crippen LogP contribution in [0, 0.1) is 34.5 Å². The highest BCUT2D eigenvalue weighted by Crippen LogP contribution is 2.29. The van der Waals surface area contributed by atoms with Gasteiger partial charge in [0.1, 0.15) is 1.37 Å². The van der Waals surface area contributed by atoms with Crippen LogP contribution in [-0.2, 0) is 43.2 Å². The molecule has 4 N–H and O–H groups in total. The number of carboxylic acid groups (broad SMARTS) is 3. The Morgan fingerprint density at radius 1 is 0.492 bits per heavy atom. The predicted molar refractivity (Wildman–Crippen MR) is 230 cm³/mol. The quantitative estimate of drug-likeness (QED) is 0.0261. The van der Waals surface area contributed by atoms with Crippen molar-refractivity contribution < 1.29 is 65.1 Å². The summed E-state index contributed by atoms with van der Waals surface area (Å²) < 4.78 is 5.74. The molecule has 0 saturated carbocycles. The number of amides is 4. The normalized spacial score (nSPS) is 14.5. The molecule has 2 saturated heterocycles. The second kappa shape index (κ2) is 29.9. The van der Waals surface area contributed by atoms with Crippen LogP contribution in [0.2, 0.25) is 0 Å². The lowest BCUT2D eigenvalue weighted by molar-refractivity contribution is -0.204. The number of carbonyl (C=O) groups excluding carboxylic acids is 5. The van der Waals surface area contributed by atoms with E-state index < -0.39 is 69.2 Å². The van der Waals surface area contributed by atoms with Gasteiger partial charge in [-0.1, -0.05) is 103 Å². The molecule has 2 rings (SSSR count). The van der Waals surface area contributed by atoms with Crippen molar-refractivity contribution in [3.63, 3.8) is 0 Å². The zero-order chi connectivity index (χ0) is 48.2. The Morgan fingerprint density at radius 3 is 0.918 bits per heavy atom. The van der Waals surface area contributed by atoms with Crippen molar-refractivity contribution in [1.29, 1.82) is 0 Å². The molecule has 2 aliphatic rings. The average molecular weight is 868 g/mol. The summed E-state index contributed by atoms with van der Waals surface area (Å²) in [4.78, 5) is 93.9. The molecule has 15 heteroatoms. The van der Waals surface area contributed by atoms with Crippen LogP contribution in [0.5, 0.6) is 0 Å². The summed E-state index contributed by atoms with van der Waals surface area (Å²) in [5.74, 6) is -4.61. The van der Waals surface area contributed by atoms with Gasteiger partial charge in [-0.3, -0.25) is 38.8 Å². The molecular formula is C46H78N2O13. The van der Waals surface area contributed by atoms with Crippen LogP contribution >= 0.6 is 0 Å². The van der Waals surface area contributed by atoms with Crippen LogP contribution in [0.4, 0.5) is 0 Å². The number of terminal acetylenes is 1. The number of hydroxylamine groups is 4. The van der Waals surface area contributed by atoms with E-state index in [2.05, 4.69) is 6.42 Å². The molecule has 0 aliphatic carbocycles. The van der Waals surface area contributed by atoms with E-state index in [-0.39, 0.29) is 30.7 Å². The Morgan fingerprint density at radius 2 is 0.705 bits per heavy atom. The maximum absolute atomic E-state index is 12.3. The molecule has 0 aromatic heterocycles. The van der Waals surface area contributed by atoms with Crippen molar-refractivity contribution >= 4 is 47.5 Å². The molecule has 0 spiro atoms. The molecular weight excluding hydrogens is 789 g/mol. The van der Waals surface area contributed by atoms with Crippen molar-refractivity contribution in [2.75, 3.05) is 0 Å². The van der Waals surface area contributed by atoms with E-state index in [1.54, 1.807) is 55.4 Å². The van der Waals surface area contributed by atoms with Crippen LogP contribution in [0.15, 0.2) is 0 Å². The van der Waals surface area contributed by atoms with Crippen LogP contribution < -0.4 is 0 Å². The molecule has 0 aromatic rings.